The van der Waals surface area contributed by atoms with Crippen molar-refractivity contribution in [3.05, 3.63) is 66.2 Å². The third-order valence-corrected chi connectivity index (χ3v) is 4.11. The zero-order valence-electron chi connectivity index (χ0n) is 13.0. The molecule has 3 aromatic rings. The summed E-state index contributed by atoms with van der Waals surface area (Å²) in [6.45, 7) is 0. The molecule has 0 aliphatic carbocycles. The Hall–Kier alpha value is -2.99. The van der Waals surface area contributed by atoms with E-state index in [1.165, 1.54) is 17.4 Å². The fraction of sp³-hybridized carbons (Fsp3) is 0.0556. The Kier molecular flexibility index (Phi) is 4.98. The topological polar surface area (TPSA) is 64.1 Å². The highest BCUT2D eigenvalue weighted by Crippen LogP contribution is 2.25. The predicted octanol–water partition coefficient (Wildman–Crippen LogP) is 3.87. The minimum absolute atomic E-state index is 0.249. The van der Waals surface area contributed by atoms with Crippen LogP contribution in [0.25, 0.3) is 16.6 Å². The summed E-state index contributed by atoms with van der Waals surface area (Å²) >= 11 is 1.34. The van der Waals surface area contributed by atoms with Crippen molar-refractivity contribution in [1.29, 1.82) is 0 Å². The van der Waals surface area contributed by atoms with Crippen LogP contribution in [0.15, 0.2) is 60.7 Å². The van der Waals surface area contributed by atoms with Gasteiger partial charge in [-0.25, -0.2) is 0 Å². The van der Waals surface area contributed by atoms with Crippen molar-refractivity contribution in [2.45, 2.75) is 0 Å². The van der Waals surface area contributed by atoms with E-state index in [2.05, 4.69) is 15.5 Å². The molecule has 0 unspecified atom stereocenters. The first kappa shape index (κ1) is 15.9. The van der Waals surface area contributed by atoms with Crippen LogP contribution in [0.1, 0.15) is 5.56 Å². The molecule has 0 aliphatic rings. The first-order valence-corrected chi connectivity index (χ1v) is 8.08. The van der Waals surface area contributed by atoms with Gasteiger partial charge in [-0.2, -0.15) is 0 Å². The second-order valence-corrected chi connectivity index (χ2v) is 5.85. The lowest BCUT2D eigenvalue weighted by Crippen LogP contribution is -2.07. The maximum Gasteiger partial charge on any atom is 0.250 e. The van der Waals surface area contributed by atoms with Crippen LogP contribution in [0, 0.1) is 0 Å². The van der Waals surface area contributed by atoms with Crippen LogP contribution < -0.4 is 10.1 Å². The molecule has 0 saturated heterocycles. The Morgan fingerprint density at radius 3 is 2.54 bits per heavy atom. The molecule has 3 rings (SSSR count). The van der Waals surface area contributed by atoms with Crippen molar-refractivity contribution in [2.75, 3.05) is 12.4 Å². The molecule has 0 saturated carbocycles. The minimum Gasteiger partial charge on any atom is -0.497 e. The van der Waals surface area contributed by atoms with Crippen molar-refractivity contribution >= 4 is 28.5 Å². The van der Waals surface area contributed by atoms with Crippen LogP contribution in [-0.4, -0.2) is 23.2 Å². The first-order valence-electron chi connectivity index (χ1n) is 7.26. The maximum atomic E-state index is 12.0. The molecule has 0 spiro atoms. The number of aromatic nitrogens is 2. The van der Waals surface area contributed by atoms with Crippen LogP contribution in [0.5, 0.6) is 5.75 Å². The highest BCUT2D eigenvalue weighted by atomic mass is 32.1. The fourth-order valence-electron chi connectivity index (χ4n) is 2.01. The molecule has 2 aromatic carbocycles. The van der Waals surface area contributed by atoms with Gasteiger partial charge in [0.25, 0.3) is 0 Å². The number of hydrogen-bond acceptors (Lipinski definition) is 5. The number of carbonyl (C=O) groups is 1. The number of anilines is 1. The number of methoxy groups -OCH3 is 1. The molecule has 120 valence electrons. The largest absolute Gasteiger partial charge is 0.497 e. The fourth-order valence-corrected chi connectivity index (χ4v) is 2.76. The van der Waals surface area contributed by atoms with Crippen LogP contribution in [-0.2, 0) is 4.79 Å². The lowest BCUT2D eigenvalue weighted by molar-refractivity contribution is -0.111. The second-order valence-electron chi connectivity index (χ2n) is 4.87. The molecule has 6 heteroatoms. The van der Waals surface area contributed by atoms with Gasteiger partial charge in [-0.05, 0) is 23.8 Å². The maximum absolute atomic E-state index is 12.0. The molecule has 5 nitrogen and oxygen atoms in total. The summed E-state index contributed by atoms with van der Waals surface area (Å²) < 4.78 is 5.10. The van der Waals surface area contributed by atoms with Gasteiger partial charge in [-0.15, -0.1) is 10.2 Å². The third kappa shape index (κ3) is 4.05. The van der Waals surface area contributed by atoms with Crippen molar-refractivity contribution in [2.24, 2.45) is 0 Å². The molecule has 1 N–H and O–H groups in total. The highest BCUT2D eigenvalue weighted by molar-refractivity contribution is 7.18. The quantitative estimate of drug-likeness (QED) is 0.718. The van der Waals surface area contributed by atoms with E-state index in [-0.39, 0.29) is 5.91 Å². The van der Waals surface area contributed by atoms with Crippen molar-refractivity contribution < 1.29 is 9.53 Å². The minimum atomic E-state index is -0.249. The number of carbonyl (C=O) groups excluding carboxylic acids is 1. The number of hydrogen-bond donors (Lipinski definition) is 1. The molecule has 24 heavy (non-hydrogen) atoms. The monoisotopic (exact) mass is 337 g/mol. The van der Waals surface area contributed by atoms with Gasteiger partial charge in [0.2, 0.25) is 11.0 Å². The number of nitrogens with one attached hydrogen (secondary N) is 1. The average Bonchev–Trinajstić information content (AvgIpc) is 3.09. The van der Waals surface area contributed by atoms with Crippen molar-refractivity contribution in [3.8, 4) is 16.3 Å². The van der Waals surface area contributed by atoms with E-state index < -0.39 is 0 Å². The molecule has 0 radical (unpaired) electrons. The molecular formula is C18H15N3O2S. The Bertz CT molecular complexity index is 842. The summed E-state index contributed by atoms with van der Waals surface area (Å²) in [6, 6.07) is 17.2. The molecule has 1 heterocycles. The lowest BCUT2D eigenvalue weighted by Gasteiger charge is -1.99. The second kappa shape index (κ2) is 7.52. The summed E-state index contributed by atoms with van der Waals surface area (Å²) in [5.74, 6) is 0.528. The van der Waals surface area contributed by atoms with E-state index in [4.69, 9.17) is 4.74 Å². The van der Waals surface area contributed by atoms with Gasteiger partial charge < -0.3 is 4.74 Å². The number of benzene rings is 2. The van der Waals surface area contributed by atoms with Crippen LogP contribution in [0.3, 0.4) is 0 Å². The summed E-state index contributed by atoms with van der Waals surface area (Å²) in [5.41, 5.74) is 1.89. The summed E-state index contributed by atoms with van der Waals surface area (Å²) in [5, 5.41) is 12.0. The number of ether oxygens (including phenoxy) is 1. The SMILES string of the molecule is COc1ccc(/C=C/C(=O)Nc2nnc(-c3ccccc3)s2)cc1. The van der Waals surface area contributed by atoms with E-state index in [1.807, 2.05) is 54.6 Å². The van der Waals surface area contributed by atoms with Crippen LogP contribution in [0.2, 0.25) is 0 Å². The van der Waals surface area contributed by atoms with E-state index in [0.717, 1.165) is 21.9 Å². The van der Waals surface area contributed by atoms with Gasteiger partial charge in [-0.1, -0.05) is 53.8 Å². The Morgan fingerprint density at radius 1 is 1.08 bits per heavy atom. The van der Waals surface area contributed by atoms with Gasteiger partial charge in [-0.3, -0.25) is 10.1 Å². The van der Waals surface area contributed by atoms with Crippen molar-refractivity contribution in [1.82, 2.24) is 10.2 Å². The van der Waals surface area contributed by atoms with Gasteiger partial charge in [0.15, 0.2) is 0 Å². The van der Waals surface area contributed by atoms with E-state index in [0.29, 0.717) is 5.13 Å². The number of amides is 1. The van der Waals surface area contributed by atoms with E-state index in [9.17, 15) is 4.79 Å². The number of nitrogens with zero attached hydrogens (tertiary/aromatic N) is 2. The zero-order valence-corrected chi connectivity index (χ0v) is 13.8. The van der Waals surface area contributed by atoms with Crippen molar-refractivity contribution in [3.63, 3.8) is 0 Å². The predicted molar refractivity (Wildman–Crippen MR) is 96.0 cm³/mol. The van der Waals surface area contributed by atoms with Gasteiger partial charge in [0, 0.05) is 11.6 Å². The molecule has 1 amide bonds. The Morgan fingerprint density at radius 2 is 1.83 bits per heavy atom. The Balaban J connectivity index is 1.62. The first-order chi connectivity index (χ1) is 11.7. The zero-order chi connectivity index (χ0) is 16.8. The van der Waals surface area contributed by atoms with E-state index in [1.54, 1.807) is 13.2 Å². The smallest absolute Gasteiger partial charge is 0.250 e. The molecule has 0 fully saturated rings. The summed E-state index contributed by atoms with van der Waals surface area (Å²) in [7, 11) is 1.62. The standard InChI is InChI=1S/C18H15N3O2S/c1-23-15-10-7-13(8-11-15)9-12-16(22)19-18-21-20-17(24-18)14-5-3-2-4-6-14/h2-12H,1H3,(H,19,21,22)/b12-9+. The van der Waals surface area contributed by atoms with Gasteiger partial charge in [0.05, 0.1) is 7.11 Å². The highest BCUT2D eigenvalue weighted by Gasteiger charge is 2.07. The van der Waals surface area contributed by atoms with Gasteiger partial charge in [0.1, 0.15) is 10.8 Å². The molecule has 0 aliphatic heterocycles. The normalized spacial score (nSPS) is 10.7. The summed E-state index contributed by atoms with van der Waals surface area (Å²) in [4.78, 5) is 12.0. The molecule has 1 aromatic heterocycles. The molecule has 0 bridgehead atoms. The van der Waals surface area contributed by atoms with Crippen LogP contribution >= 0.6 is 11.3 Å². The van der Waals surface area contributed by atoms with E-state index >= 15 is 0 Å². The Labute approximate surface area is 143 Å². The molecule has 0 atom stereocenters. The number of rotatable bonds is 5. The average molecular weight is 337 g/mol. The van der Waals surface area contributed by atoms with Gasteiger partial charge >= 0.3 is 0 Å². The molecular weight excluding hydrogens is 322 g/mol. The van der Waals surface area contributed by atoms with Crippen LogP contribution in [0.4, 0.5) is 5.13 Å². The summed E-state index contributed by atoms with van der Waals surface area (Å²) in [6.07, 6.45) is 3.19. The lowest BCUT2D eigenvalue weighted by atomic mass is 10.2. The third-order valence-electron chi connectivity index (χ3n) is 3.22.